The van der Waals surface area contributed by atoms with Gasteiger partial charge in [0.05, 0.1) is 12.0 Å². The van der Waals surface area contributed by atoms with Crippen molar-refractivity contribution in [2.24, 2.45) is 7.05 Å². The molecular formula is C18H17N3O3. The summed E-state index contributed by atoms with van der Waals surface area (Å²) in [5, 5.41) is 7.90. The SMILES string of the molecule is CCOc1ccc(NC(=O)c2nn(C)c(=O)c3ccccc23)cc1. The number of carbonyl (C=O) groups is 1. The summed E-state index contributed by atoms with van der Waals surface area (Å²) in [6, 6.07) is 14.0. The molecule has 2 aromatic carbocycles. The van der Waals surface area contributed by atoms with Crippen molar-refractivity contribution in [2.75, 3.05) is 11.9 Å². The number of hydrogen-bond acceptors (Lipinski definition) is 4. The zero-order valence-electron chi connectivity index (χ0n) is 13.4. The van der Waals surface area contributed by atoms with E-state index in [0.29, 0.717) is 23.1 Å². The van der Waals surface area contributed by atoms with Crippen LogP contribution in [0.5, 0.6) is 5.75 Å². The van der Waals surface area contributed by atoms with Crippen LogP contribution in [0.4, 0.5) is 5.69 Å². The number of carbonyl (C=O) groups excluding carboxylic acids is 1. The Kier molecular flexibility index (Phi) is 4.29. The van der Waals surface area contributed by atoms with Crippen LogP contribution in [0.2, 0.25) is 0 Å². The fraction of sp³-hybridized carbons (Fsp3) is 0.167. The number of aromatic nitrogens is 2. The van der Waals surface area contributed by atoms with E-state index in [-0.39, 0.29) is 17.2 Å². The number of amides is 1. The predicted molar refractivity (Wildman–Crippen MR) is 92.5 cm³/mol. The van der Waals surface area contributed by atoms with Crippen molar-refractivity contribution in [1.82, 2.24) is 9.78 Å². The van der Waals surface area contributed by atoms with E-state index in [1.165, 1.54) is 11.7 Å². The average Bonchev–Trinajstić information content (AvgIpc) is 2.60. The van der Waals surface area contributed by atoms with Crippen LogP contribution >= 0.6 is 0 Å². The van der Waals surface area contributed by atoms with Crippen molar-refractivity contribution < 1.29 is 9.53 Å². The second kappa shape index (κ2) is 6.54. The van der Waals surface area contributed by atoms with Gasteiger partial charge in [0, 0.05) is 18.1 Å². The number of hydrogen-bond donors (Lipinski definition) is 1. The van der Waals surface area contributed by atoms with Gasteiger partial charge in [0.2, 0.25) is 0 Å². The van der Waals surface area contributed by atoms with Crippen molar-refractivity contribution in [1.29, 1.82) is 0 Å². The molecule has 0 radical (unpaired) electrons. The van der Waals surface area contributed by atoms with Crippen molar-refractivity contribution in [3.63, 3.8) is 0 Å². The lowest BCUT2D eigenvalue weighted by Crippen LogP contribution is -2.25. The topological polar surface area (TPSA) is 73.2 Å². The summed E-state index contributed by atoms with van der Waals surface area (Å²) in [5.41, 5.74) is 0.605. The van der Waals surface area contributed by atoms with E-state index in [0.717, 1.165) is 5.75 Å². The molecule has 6 heteroatoms. The normalized spacial score (nSPS) is 10.6. The molecule has 0 aliphatic heterocycles. The van der Waals surface area contributed by atoms with Crippen LogP contribution in [0.25, 0.3) is 10.8 Å². The molecule has 0 bridgehead atoms. The van der Waals surface area contributed by atoms with Crippen molar-refractivity contribution in [3.05, 3.63) is 64.6 Å². The molecule has 0 aliphatic carbocycles. The third-order valence-corrected chi connectivity index (χ3v) is 3.59. The number of rotatable bonds is 4. The van der Waals surface area contributed by atoms with Crippen molar-refractivity contribution in [3.8, 4) is 5.75 Å². The summed E-state index contributed by atoms with van der Waals surface area (Å²) >= 11 is 0. The molecule has 0 atom stereocenters. The molecule has 0 saturated carbocycles. The summed E-state index contributed by atoms with van der Waals surface area (Å²) in [6.07, 6.45) is 0. The first-order valence-electron chi connectivity index (χ1n) is 7.60. The van der Waals surface area contributed by atoms with Crippen molar-refractivity contribution >= 4 is 22.4 Å². The quantitative estimate of drug-likeness (QED) is 0.801. The number of nitrogens with zero attached hydrogens (tertiary/aromatic N) is 2. The monoisotopic (exact) mass is 323 g/mol. The van der Waals surface area contributed by atoms with Gasteiger partial charge in [-0.3, -0.25) is 9.59 Å². The van der Waals surface area contributed by atoms with E-state index >= 15 is 0 Å². The Labute approximate surface area is 138 Å². The van der Waals surface area contributed by atoms with Crippen LogP contribution in [0, 0.1) is 0 Å². The maximum absolute atomic E-state index is 12.6. The van der Waals surface area contributed by atoms with Crippen molar-refractivity contribution in [2.45, 2.75) is 6.92 Å². The lowest BCUT2D eigenvalue weighted by Gasteiger charge is -2.09. The summed E-state index contributed by atoms with van der Waals surface area (Å²) in [4.78, 5) is 24.7. The highest BCUT2D eigenvalue weighted by atomic mass is 16.5. The predicted octanol–water partition coefficient (Wildman–Crippen LogP) is 2.58. The fourth-order valence-corrected chi connectivity index (χ4v) is 2.46. The molecule has 1 N–H and O–H groups in total. The Balaban J connectivity index is 1.94. The Morgan fingerprint density at radius 2 is 1.79 bits per heavy atom. The highest BCUT2D eigenvalue weighted by Gasteiger charge is 2.15. The van der Waals surface area contributed by atoms with Gasteiger partial charge in [-0.2, -0.15) is 5.10 Å². The highest BCUT2D eigenvalue weighted by molar-refractivity contribution is 6.11. The molecule has 1 amide bonds. The fourth-order valence-electron chi connectivity index (χ4n) is 2.46. The van der Waals surface area contributed by atoms with Gasteiger partial charge in [0.1, 0.15) is 5.75 Å². The highest BCUT2D eigenvalue weighted by Crippen LogP contribution is 2.18. The minimum atomic E-state index is -0.369. The standard InChI is InChI=1S/C18H17N3O3/c1-3-24-13-10-8-12(9-11-13)19-17(22)16-14-6-4-5-7-15(14)18(23)21(2)20-16/h4-11H,3H2,1-2H3,(H,19,22). The summed E-state index contributed by atoms with van der Waals surface area (Å²) in [6.45, 7) is 2.49. The summed E-state index contributed by atoms with van der Waals surface area (Å²) in [7, 11) is 1.53. The maximum atomic E-state index is 12.6. The number of fused-ring (bicyclic) bond motifs is 1. The number of anilines is 1. The van der Waals surface area contributed by atoms with Crippen LogP contribution in [0.15, 0.2) is 53.3 Å². The minimum Gasteiger partial charge on any atom is -0.494 e. The molecule has 3 rings (SSSR count). The Hall–Kier alpha value is -3.15. The molecule has 3 aromatic rings. The van der Waals surface area contributed by atoms with Gasteiger partial charge in [-0.25, -0.2) is 4.68 Å². The maximum Gasteiger partial charge on any atom is 0.276 e. The molecule has 0 fully saturated rings. The first-order valence-corrected chi connectivity index (χ1v) is 7.60. The van der Waals surface area contributed by atoms with Crippen LogP contribution in [-0.2, 0) is 7.05 Å². The molecule has 6 nitrogen and oxygen atoms in total. The van der Waals surface area contributed by atoms with Crippen LogP contribution in [0.1, 0.15) is 17.4 Å². The zero-order valence-corrected chi connectivity index (χ0v) is 13.4. The molecule has 0 saturated heterocycles. The first-order chi connectivity index (χ1) is 11.6. The molecule has 0 unspecified atom stereocenters. The number of aryl methyl sites for hydroxylation is 1. The summed E-state index contributed by atoms with van der Waals surface area (Å²) in [5.74, 6) is 0.368. The molecular weight excluding hydrogens is 306 g/mol. The lowest BCUT2D eigenvalue weighted by atomic mass is 10.1. The number of benzene rings is 2. The lowest BCUT2D eigenvalue weighted by molar-refractivity contribution is 0.102. The molecule has 1 heterocycles. The van der Waals surface area contributed by atoms with Gasteiger partial charge in [-0.1, -0.05) is 18.2 Å². The average molecular weight is 323 g/mol. The number of nitrogens with one attached hydrogen (secondary N) is 1. The molecule has 0 aliphatic rings. The Bertz CT molecular complexity index is 946. The van der Waals surface area contributed by atoms with Gasteiger partial charge in [-0.15, -0.1) is 0 Å². The van der Waals surface area contributed by atoms with Gasteiger partial charge in [-0.05, 0) is 37.3 Å². The Morgan fingerprint density at radius 1 is 1.12 bits per heavy atom. The molecule has 24 heavy (non-hydrogen) atoms. The van der Waals surface area contributed by atoms with E-state index in [2.05, 4.69) is 10.4 Å². The third kappa shape index (κ3) is 2.99. The van der Waals surface area contributed by atoms with Crippen LogP contribution in [0.3, 0.4) is 0 Å². The van der Waals surface area contributed by atoms with Gasteiger partial charge >= 0.3 is 0 Å². The van der Waals surface area contributed by atoms with Gasteiger partial charge in [0.25, 0.3) is 11.5 Å². The second-order valence-corrected chi connectivity index (χ2v) is 5.23. The number of ether oxygens (including phenoxy) is 1. The van der Waals surface area contributed by atoms with Gasteiger partial charge < -0.3 is 10.1 Å². The minimum absolute atomic E-state index is 0.210. The van der Waals surface area contributed by atoms with Crippen LogP contribution in [-0.4, -0.2) is 22.3 Å². The Morgan fingerprint density at radius 3 is 2.46 bits per heavy atom. The molecule has 0 spiro atoms. The largest absolute Gasteiger partial charge is 0.494 e. The van der Waals surface area contributed by atoms with E-state index in [1.807, 2.05) is 6.92 Å². The van der Waals surface area contributed by atoms with E-state index in [4.69, 9.17) is 4.74 Å². The molecule has 1 aromatic heterocycles. The zero-order chi connectivity index (χ0) is 17.1. The van der Waals surface area contributed by atoms with E-state index < -0.39 is 0 Å². The third-order valence-electron chi connectivity index (χ3n) is 3.59. The first kappa shape index (κ1) is 15.7. The second-order valence-electron chi connectivity index (χ2n) is 5.23. The van der Waals surface area contributed by atoms with E-state index in [9.17, 15) is 9.59 Å². The molecule has 122 valence electrons. The smallest absolute Gasteiger partial charge is 0.276 e. The van der Waals surface area contributed by atoms with Gasteiger partial charge in [0.15, 0.2) is 5.69 Å². The van der Waals surface area contributed by atoms with Crippen LogP contribution < -0.4 is 15.6 Å². The van der Waals surface area contributed by atoms with E-state index in [1.54, 1.807) is 48.5 Å². The summed E-state index contributed by atoms with van der Waals surface area (Å²) < 4.78 is 6.55.